The molecule has 1 heterocycles. The lowest BCUT2D eigenvalue weighted by atomic mass is 10.0. The van der Waals surface area contributed by atoms with Crippen LogP contribution in [0, 0.1) is 12.7 Å². The van der Waals surface area contributed by atoms with Crippen molar-refractivity contribution in [3.63, 3.8) is 0 Å². The second-order valence-electron chi connectivity index (χ2n) is 6.84. The largest absolute Gasteiger partial charge is 0.489 e. The molecule has 3 aromatic carbocycles. The van der Waals surface area contributed by atoms with E-state index in [1.165, 1.54) is 12.1 Å². The van der Waals surface area contributed by atoms with Crippen LogP contribution < -0.4 is 9.47 Å². The number of fused-ring (bicyclic) bond motifs is 1. The summed E-state index contributed by atoms with van der Waals surface area (Å²) in [4.78, 5) is 12.7. The number of rotatable bonds is 5. The average molecular weight is 386 g/mol. The van der Waals surface area contributed by atoms with Gasteiger partial charge in [-0.2, -0.15) is 0 Å². The van der Waals surface area contributed by atoms with Crippen LogP contribution in [-0.2, 0) is 6.61 Å². The quantitative estimate of drug-likeness (QED) is 0.507. The molecule has 4 rings (SSSR count). The molecular formula is C25H19FO3. The van der Waals surface area contributed by atoms with Gasteiger partial charge in [-0.05, 0) is 53.5 Å². The Labute approximate surface area is 168 Å². The van der Waals surface area contributed by atoms with E-state index in [0.717, 1.165) is 16.7 Å². The fraction of sp³-hybridized carbons (Fsp3) is 0.0800. The summed E-state index contributed by atoms with van der Waals surface area (Å²) in [7, 11) is 0. The molecule has 0 saturated heterocycles. The number of hydrogen-bond acceptors (Lipinski definition) is 3. The molecule has 0 bridgehead atoms. The molecule has 0 fully saturated rings. The summed E-state index contributed by atoms with van der Waals surface area (Å²) >= 11 is 0. The Morgan fingerprint density at radius 3 is 2.59 bits per heavy atom. The van der Waals surface area contributed by atoms with Crippen LogP contribution in [0.4, 0.5) is 4.39 Å². The number of hydrogen-bond donors (Lipinski definition) is 0. The lowest BCUT2D eigenvalue weighted by Crippen LogP contribution is -2.00. The second-order valence-corrected chi connectivity index (χ2v) is 6.84. The number of Topliss-reactive ketones (excluding diaryl/α,β-unsaturated/α-hetero) is 1. The van der Waals surface area contributed by atoms with E-state index in [0.29, 0.717) is 29.2 Å². The molecule has 0 unspecified atom stereocenters. The fourth-order valence-electron chi connectivity index (χ4n) is 3.23. The molecule has 144 valence electrons. The van der Waals surface area contributed by atoms with Gasteiger partial charge in [0.1, 0.15) is 23.9 Å². The first-order valence-electron chi connectivity index (χ1n) is 9.22. The number of carbonyl (C=O) groups is 1. The van der Waals surface area contributed by atoms with E-state index in [4.69, 9.17) is 9.47 Å². The molecule has 1 aliphatic rings. The highest BCUT2D eigenvalue weighted by Gasteiger charge is 2.30. The first-order valence-corrected chi connectivity index (χ1v) is 9.22. The van der Waals surface area contributed by atoms with Gasteiger partial charge in [0.2, 0.25) is 5.78 Å². The van der Waals surface area contributed by atoms with Crippen molar-refractivity contribution < 1.29 is 18.7 Å². The van der Waals surface area contributed by atoms with E-state index in [1.807, 2.05) is 37.3 Å². The standard InChI is InChI=1S/C25H19FO3/c1-3-17-7-9-18(10-8-17)15-28-21-11-16(2)24-22(14-21)29-23(25(24)27)13-19-5-4-6-20(26)12-19/h3-14H,1,15H2,2H3/b23-13-. The van der Waals surface area contributed by atoms with Gasteiger partial charge in [-0.1, -0.05) is 49.1 Å². The maximum Gasteiger partial charge on any atom is 0.232 e. The summed E-state index contributed by atoms with van der Waals surface area (Å²) in [6.45, 7) is 5.99. The smallest absolute Gasteiger partial charge is 0.232 e. The van der Waals surface area contributed by atoms with Gasteiger partial charge < -0.3 is 9.47 Å². The number of ketones is 1. The lowest BCUT2D eigenvalue weighted by Gasteiger charge is -2.09. The average Bonchev–Trinajstić information content (AvgIpc) is 3.02. The molecule has 0 spiro atoms. The van der Waals surface area contributed by atoms with E-state index in [1.54, 1.807) is 30.4 Å². The second kappa shape index (κ2) is 7.76. The molecule has 3 aromatic rings. The van der Waals surface area contributed by atoms with Gasteiger partial charge in [0.15, 0.2) is 5.76 Å². The fourth-order valence-corrected chi connectivity index (χ4v) is 3.23. The van der Waals surface area contributed by atoms with Crippen molar-refractivity contribution in [3.05, 3.63) is 107 Å². The maximum absolute atomic E-state index is 13.4. The van der Waals surface area contributed by atoms with Gasteiger partial charge in [0, 0.05) is 6.07 Å². The minimum absolute atomic E-state index is 0.172. The van der Waals surface area contributed by atoms with Crippen LogP contribution >= 0.6 is 0 Å². The van der Waals surface area contributed by atoms with E-state index in [2.05, 4.69) is 6.58 Å². The number of ether oxygens (including phenoxy) is 2. The summed E-state index contributed by atoms with van der Waals surface area (Å²) in [5, 5.41) is 0. The zero-order valence-corrected chi connectivity index (χ0v) is 15.9. The molecule has 0 atom stereocenters. The van der Waals surface area contributed by atoms with E-state index >= 15 is 0 Å². The lowest BCUT2D eigenvalue weighted by molar-refractivity contribution is 0.101. The Hall–Kier alpha value is -3.66. The van der Waals surface area contributed by atoms with Crippen molar-refractivity contribution >= 4 is 17.9 Å². The van der Waals surface area contributed by atoms with Crippen molar-refractivity contribution in [2.45, 2.75) is 13.5 Å². The van der Waals surface area contributed by atoms with E-state index in [-0.39, 0.29) is 17.4 Å². The Morgan fingerprint density at radius 2 is 1.86 bits per heavy atom. The van der Waals surface area contributed by atoms with Crippen LogP contribution in [0.3, 0.4) is 0 Å². The Balaban J connectivity index is 1.54. The number of benzene rings is 3. The predicted octanol–water partition coefficient (Wildman–Crippen LogP) is 5.97. The molecule has 0 radical (unpaired) electrons. The van der Waals surface area contributed by atoms with Gasteiger partial charge >= 0.3 is 0 Å². The first kappa shape index (κ1) is 18.7. The Morgan fingerprint density at radius 1 is 1.07 bits per heavy atom. The number of aryl methyl sites for hydroxylation is 1. The number of carbonyl (C=O) groups excluding carboxylic acids is 1. The molecule has 0 saturated carbocycles. The van der Waals surface area contributed by atoms with Crippen molar-refractivity contribution in [2.24, 2.45) is 0 Å². The minimum Gasteiger partial charge on any atom is -0.489 e. The summed E-state index contributed by atoms with van der Waals surface area (Å²) in [5.74, 6) is 0.665. The van der Waals surface area contributed by atoms with Crippen molar-refractivity contribution in [1.82, 2.24) is 0 Å². The number of allylic oxidation sites excluding steroid dienone is 1. The predicted molar refractivity (Wildman–Crippen MR) is 111 cm³/mol. The molecule has 1 aliphatic heterocycles. The minimum atomic E-state index is -0.365. The zero-order valence-electron chi connectivity index (χ0n) is 15.9. The summed E-state index contributed by atoms with van der Waals surface area (Å²) in [6, 6.07) is 17.5. The summed E-state index contributed by atoms with van der Waals surface area (Å²) in [5.41, 5.74) is 3.92. The van der Waals surface area contributed by atoms with Gasteiger partial charge in [-0.3, -0.25) is 4.79 Å². The highest BCUT2D eigenvalue weighted by Crippen LogP contribution is 2.37. The molecule has 0 aromatic heterocycles. The molecule has 29 heavy (non-hydrogen) atoms. The van der Waals surface area contributed by atoms with Gasteiger partial charge in [0.05, 0.1) is 5.56 Å². The monoisotopic (exact) mass is 386 g/mol. The Bertz CT molecular complexity index is 1130. The van der Waals surface area contributed by atoms with Crippen LogP contribution in [0.15, 0.2) is 73.0 Å². The molecule has 4 heteroatoms. The van der Waals surface area contributed by atoms with Gasteiger partial charge in [0.25, 0.3) is 0 Å². The number of halogens is 1. The van der Waals surface area contributed by atoms with Crippen LogP contribution in [0.5, 0.6) is 11.5 Å². The summed E-state index contributed by atoms with van der Waals surface area (Å²) in [6.07, 6.45) is 3.34. The Kier molecular flexibility index (Phi) is 5.00. The maximum atomic E-state index is 13.4. The normalized spacial score (nSPS) is 13.9. The van der Waals surface area contributed by atoms with Crippen molar-refractivity contribution in [2.75, 3.05) is 0 Å². The first-order chi connectivity index (χ1) is 14.0. The highest BCUT2D eigenvalue weighted by atomic mass is 19.1. The van der Waals surface area contributed by atoms with Crippen LogP contribution in [0.1, 0.15) is 32.6 Å². The van der Waals surface area contributed by atoms with E-state index < -0.39 is 0 Å². The van der Waals surface area contributed by atoms with Crippen LogP contribution in [0.25, 0.3) is 12.2 Å². The van der Waals surface area contributed by atoms with Crippen LogP contribution in [-0.4, -0.2) is 5.78 Å². The SMILES string of the molecule is C=Cc1ccc(COc2cc(C)c3c(c2)O/C(=C\c2cccc(F)c2)C3=O)cc1. The van der Waals surface area contributed by atoms with Gasteiger partial charge in [-0.25, -0.2) is 4.39 Å². The third-order valence-corrected chi connectivity index (χ3v) is 4.71. The molecule has 0 aliphatic carbocycles. The molecule has 0 amide bonds. The molecule has 3 nitrogen and oxygen atoms in total. The highest BCUT2D eigenvalue weighted by molar-refractivity contribution is 6.15. The zero-order chi connectivity index (χ0) is 20.4. The van der Waals surface area contributed by atoms with Crippen LogP contribution in [0.2, 0.25) is 0 Å². The van der Waals surface area contributed by atoms with Gasteiger partial charge in [-0.15, -0.1) is 0 Å². The van der Waals surface area contributed by atoms with Crippen molar-refractivity contribution in [1.29, 1.82) is 0 Å². The molecular weight excluding hydrogens is 367 g/mol. The molecule has 0 N–H and O–H groups in total. The summed E-state index contributed by atoms with van der Waals surface area (Å²) < 4.78 is 25.1. The van der Waals surface area contributed by atoms with Crippen molar-refractivity contribution in [3.8, 4) is 11.5 Å². The van der Waals surface area contributed by atoms with E-state index in [9.17, 15) is 9.18 Å². The topological polar surface area (TPSA) is 35.5 Å². The third-order valence-electron chi connectivity index (χ3n) is 4.71. The third kappa shape index (κ3) is 3.97.